The molecule has 1 saturated heterocycles. The molecule has 0 spiro atoms. The molecule has 5 rings (SSSR count). The van der Waals surface area contributed by atoms with E-state index >= 15 is 0 Å². The van der Waals surface area contributed by atoms with E-state index in [2.05, 4.69) is 15.6 Å². The lowest BCUT2D eigenvalue weighted by Crippen LogP contribution is -2.18. The van der Waals surface area contributed by atoms with Gasteiger partial charge >= 0.3 is 0 Å². The number of nitrogens with one attached hydrogen (secondary N) is 2. The maximum Gasteiger partial charge on any atom is 0.227 e. The molecule has 0 amide bonds. The molecular formula is C22H25N5O2S. The second kappa shape index (κ2) is 8.57. The Labute approximate surface area is 179 Å². The minimum absolute atomic E-state index is 0.291. The Morgan fingerprint density at radius 3 is 2.93 bits per heavy atom. The van der Waals surface area contributed by atoms with Crippen LogP contribution in [0.2, 0.25) is 0 Å². The molecular weight excluding hydrogens is 398 g/mol. The maximum atomic E-state index is 5.72. The highest BCUT2D eigenvalue weighted by Crippen LogP contribution is 2.47. The molecule has 1 saturated carbocycles. The quantitative estimate of drug-likeness (QED) is 0.537. The van der Waals surface area contributed by atoms with Gasteiger partial charge in [-0.3, -0.25) is 0 Å². The van der Waals surface area contributed by atoms with Crippen LogP contribution in [0.5, 0.6) is 5.75 Å². The molecule has 1 aromatic carbocycles. The Balaban J connectivity index is 1.37. The highest BCUT2D eigenvalue weighted by Gasteiger charge is 2.31. The Hall–Kier alpha value is -2.71. The minimum Gasteiger partial charge on any atom is -0.497 e. The summed E-state index contributed by atoms with van der Waals surface area (Å²) in [5.41, 5.74) is 2.94. The lowest BCUT2D eigenvalue weighted by Gasteiger charge is -2.09. The lowest BCUT2D eigenvalue weighted by molar-refractivity contribution is 0.120. The molecule has 1 aliphatic carbocycles. The van der Waals surface area contributed by atoms with Crippen molar-refractivity contribution >= 4 is 28.1 Å². The van der Waals surface area contributed by atoms with Gasteiger partial charge in [-0.25, -0.2) is 15.0 Å². The molecule has 156 valence electrons. The van der Waals surface area contributed by atoms with E-state index in [0.29, 0.717) is 18.0 Å². The highest BCUT2D eigenvalue weighted by atomic mass is 32.1. The van der Waals surface area contributed by atoms with Crippen molar-refractivity contribution in [3.05, 3.63) is 42.2 Å². The number of hydrogen-bond acceptors (Lipinski definition) is 8. The van der Waals surface area contributed by atoms with E-state index in [1.165, 1.54) is 12.8 Å². The van der Waals surface area contributed by atoms with Crippen molar-refractivity contribution in [1.82, 2.24) is 15.0 Å². The zero-order chi connectivity index (χ0) is 20.3. The number of aromatic nitrogens is 3. The summed E-state index contributed by atoms with van der Waals surface area (Å²) in [6.45, 7) is 1.68. The maximum absolute atomic E-state index is 5.72. The molecule has 8 heteroatoms. The average molecular weight is 424 g/mol. The first-order valence-corrected chi connectivity index (χ1v) is 11.2. The summed E-state index contributed by atoms with van der Waals surface area (Å²) in [7, 11) is 1.66. The van der Waals surface area contributed by atoms with Gasteiger partial charge in [0, 0.05) is 37.0 Å². The van der Waals surface area contributed by atoms with Crippen LogP contribution in [0.25, 0.3) is 10.6 Å². The molecule has 2 N–H and O–H groups in total. The first-order chi connectivity index (χ1) is 14.8. The van der Waals surface area contributed by atoms with Crippen molar-refractivity contribution in [2.24, 2.45) is 0 Å². The molecule has 1 atom stereocenters. The molecule has 0 bridgehead atoms. The van der Waals surface area contributed by atoms with Gasteiger partial charge < -0.3 is 20.1 Å². The molecule has 0 radical (unpaired) electrons. The number of methoxy groups -OCH3 is 1. The molecule has 3 aromatic rings. The third kappa shape index (κ3) is 4.39. The molecule has 2 fully saturated rings. The van der Waals surface area contributed by atoms with Crippen molar-refractivity contribution in [1.29, 1.82) is 0 Å². The van der Waals surface area contributed by atoms with E-state index in [-0.39, 0.29) is 0 Å². The van der Waals surface area contributed by atoms with Gasteiger partial charge in [-0.05, 0) is 43.9 Å². The van der Waals surface area contributed by atoms with Crippen molar-refractivity contribution < 1.29 is 9.47 Å². The van der Waals surface area contributed by atoms with Crippen LogP contribution in [0.15, 0.2) is 36.5 Å². The summed E-state index contributed by atoms with van der Waals surface area (Å²) in [5.74, 6) is 1.89. The summed E-state index contributed by atoms with van der Waals surface area (Å²) < 4.78 is 11.0. The van der Waals surface area contributed by atoms with Crippen LogP contribution in [-0.2, 0) is 4.74 Å². The summed E-state index contributed by atoms with van der Waals surface area (Å²) in [6, 6.07) is 9.69. The fraction of sp³-hybridized carbons (Fsp3) is 0.409. The van der Waals surface area contributed by atoms with E-state index < -0.39 is 0 Å². The van der Waals surface area contributed by atoms with Gasteiger partial charge in [-0.1, -0.05) is 17.4 Å². The fourth-order valence-corrected chi connectivity index (χ4v) is 4.63. The van der Waals surface area contributed by atoms with Gasteiger partial charge in [0.2, 0.25) is 5.95 Å². The summed E-state index contributed by atoms with van der Waals surface area (Å²) in [5, 5.41) is 7.70. The number of ether oxygens (including phenoxy) is 2. The number of nitrogens with zero attached hydrogens (tertiary/aromatic N) is 3. The molecule has 1 unspecified atom stereocenters. The average Bonchev–Trinajstić information content (AvgIpc) is 3.31. The minimum atomic E-state index is 0.291. The van der Waals surface area contributed by atoms with Crippen molar-refractivity contribution in [3.8, 4) is 16.3 Å². The topological polar surface area (TPSA) is 81.2 Å². The van der Waals surface area contributed by atoms with Crippen LogP contribution in [-0.4, -0.2) is 41.3 Å². The second-order valence-electron chi connectivity index (χ2n) is 7.65. The van der Waals surface area contributed by atoms with Crippen molar-refractivity contribution in [2.45, 2.75) is 37.7 Å². The Morgan fingerprint density at radius 2 is 2.13 bits per heavy atom. The molecule has 2 aliphatic rings. The number of rotatable bonds is 8. The van der Waals surface area contributed by atoms with E-state index in [9.17, 15) is 0 Å². The van der Waals surface area contributed by atoms with Crippen LogP contribution in [0, 0.1) is 0 Å². The normalized spacial score (nSPS) is 18.4. The largest absolute Gasteiger partial charge is 0.497 e. The first-order valence-electron chi connectivity index (χ1n) is 10.4. The van der Waals surface area contributed by atoms with Gasteiger partial charge in [-0.2, -0.15) is 0 Å². The van der Waals surface area contributed by atoms with Crippen LogP contribution < -0.4 is 15.4 Å². The lowest BCUT2D eigenvalue weighted by atomic mass is 10.2. The zero-order valence-electron chi connectivity index (χ0n) is 16.9. The van der Waals surface area contributed by atoms with Gasteiger partial charge in [-0.15, -0.1) is 0 Å². The monoisotopic (exact) mass is 423 g/mol. The summed E-state index contributed by atoms with van der Waals surface area (Å²) >= 11 is 1.67. The fourth-order valence-electron chi connectivity index (χ4n) is 3.61. The molecule has 7 nitrogen and oxygen atoms in total. The Morgan fingerprint density at radius 1 is 1.20 bits per heavy atom. The van der Waals surface area contributed by atoms with Crippen molar-refractivity contribution in [3.63, 3.8) is 0 Å². The molecule has 3 heterocycles. The van der Waals surface area contributed by atoms with Crippen LogP contribution in [0.1, 0.15) is 37.3 Å². The third-order valence-corrected chi connectivity index (χ3v) is 6.39. The number of thiazole rings is 1. The van der Waals surface area contributed by atoms with Gasteiger partial charge in [0.25, 0.3) is 0 Å². The smallest absolute Gasteiger partial charge is 0.227 e. The Kier molecular flexibility index (Phi) is 5.50. The van der Waals surface area contributed by atoms with Gasteiger partial charge in [0.15, 0.2) is 5.13 Å². The van der Waals surface area contributed by atoms with E-state index in [4.69, 9.17) is 19.4 Å². The predicted octanol–water partition coefficient (Wildman–Crippen LogP) is 4.82. The summed E-state index contributed by atoms with van der Waals surface area (Å²) in [4.78, 5) is 15.2. The van der Waals surface area contributed by atoms with E-state index in [0.717, 1.165) is 58.8 Å². The predicted molar refractivity (Wildman–Crippen MR) is 119 cm³/mol. The van der Waals surface area contributed by atoms with Gasteiger partial charge in [0.1, 0.15) is 5.75 Å². The standard InChI is InChI=1S/C22H25N5O2S/c1-28-16-5-2-4-15(12-16)25-21-23-10-9-18(26-21)20-19(14-7-8-14)27-22(30-20)24-13-17-6-3-11-29-17/h2,4-5,9-10,12,14,17H,3,6-8,11,13H2,1H3,(H,24,27)(H,23,25,26). The second-order valence-corrected chi connectivity index (χ2v) is 8.65. The number of anilines is 3. The third-order valence-electron chi connectivity index (χ3n) is 5.34. The highest BCUT2D eigenvalue weighted by molar-refractivity contribution is 7.19. The van der Waals surface area contributed by atoms with Gasteiger partial charge in [0.05, 0.1) is 29.5 Å². The zero-order valence-corrected chi connectivity index (χ0v) is 17.7. The number of hydrogen-bond donors (Lipinski definition) is 2. The summed E-state index contributed by atoms with van der Waals surface area (Å²) in [6.07, 6.45) is 6.74. The molecule has 2 aromatic heterocycles. The van der Waals surface area contributed by atoms with Crippen molar-refractivity contribution in [2.75, 3.05) is 30.9 Å². The Bertz CT molecular complexity index is 1010. The van der Waals surface area contributed by atoms with Crippen LogP contribution in [0.3, 0.4) is 0 Å². The SMILES string of the molecule is COc1cccc(Nc2nccc(-c3sc(NCC4CCCO4)nc3C3CC3)n2)c1. The van der Waals surface area contributed by atoms with E-state index in [1.807, 2.05) is 30.3 Å². The molecule has 1 aliphatic heterocycles. The molecule has 30 heavy (non-hydrogen) atoms. The van der Waals surface area contributed by atoms with E-state index in [1.54, 1.807) is 24.6 Å². The number of benzene rings is 1. The first kappa shape index (κ1) is 19.3. The van der Waals surface area contributed by atoms with Crippen LogP contribution in [0.4, 0.5) is 16.8 Å². The van der Waals surface area contributed by atoms with Crippen LogP contribution >= 0.6 is 11.3 Å².